The van der Waals surface area contributed by atoms with Gasteiger partial charge in [-0.1, -0.05) is 6.58 Å². The van der Waals surface area contributed by atoms with Gasteiger partial charge in [-0.3, -0.25) is 9.59 Å². The van der Waals surface area contributed by atoms with Crippen molar-refractivity contribution in [3.05, 3.63) is 12.2 Å². The van der Waals surface area contributed by atoms with Crippen molar-refractivity contribution >= 4 is 18.2 Å². The highest BCUT2D eigenvalue weighted by Gasteiger charge is 2.11. The lowest BCUT2D eigenvalue weighted by molar-refractivity contribution is -0.144. The molecule has 1 N–H and O–H groups in total. The highest BCUT2D eigenvalue weighted by molar-refractivity contribution is 5.93. The number of hydrogen-bond acceptors (Lipinski definition) is 4. The summed E-state index contributed by atoms with van der Waals surface area (Å²) >= 11 is 0. The van der Waals surface area contributed by atoms with Crippen molar-refractivity contribution < 1.29 is 24.2 Å². The standard InChI is InChI=1S/C7H8O5/c1-5(4-6(9)10)7(11)12-3-2-8/h2H,1,3-4H2,(H,9,10). The molecular formula is C7H8O5. The molecule has 66 valence electrons. The molecule has 12 heavy (non-hydrogen) atoms. The van der Waals surface area contributed by atoms with Crippen LogP contribution in [0.1, 0.15) is 6.42 Å². The van der Waals surface area contributed by atoms with E-state index in [0.29, 0.717) is 6.29 Å². The zero-order valence-electron chi connectivity index (χ0n) is 6.28. The van der Waals surface area contributed by atoms with E-state index < -0.39 is 18.4 Å². The van der Waals surface area contributed by atoms with Gasteiger partial charge in [-0.05, 0) is 0 Å². The normalized spacial score (nSPS) is 8.67. The monoisotopic (exact) mass is 172 g/mol. The van der Waals surface area contributed by atoms with Gasteiger partial charge in [0.1, 0.15) is 6.61 Å². The Balaban J connectivity index is 3.85. The van der Waals surface area contributed by atoms with Crippen LogP contribution in [0.25, 0.3) is 0 Å². The number of carboxylic acids is 1. The second-order valence-corrected chi connectivity index (χ2v) is 1.94. The third-order valence-electron chi connectivity index (χ3n) is 0.936. The number of ether oxygens (including phenoxy) is 1. The highest BCUT2D eigenvalue weighted by atomic mass is 16.5. The first-order valence-corrected chi connectivity index (χ1v) is 3.08. The second-order valence-electron chi connectivity index (χ2n) is 1.94. The van der Waals surface area contributed by atoms with Gasteiger partial charge in [-0.2, -0.15) is 0 Å². The predicted molar refractivity (Wildman–Crippen MR) is 38.4 cm³/mol. The van der Waals surface area contributed by atoms with Crippen LogP contribution in [0, 0.1) is 0 Å². The second kappa shape index (κ2) is 5.06. The van der Waals surface area contributed by atoms with E-state index in [1.54, 1.807) is 0 Å². The number of carbonyl (C=O) groups is 3. The van der Waals surface area contributed by atoms with Crippen LogP contribution in [-0.2, 0) is 19.1 Å². The first-order valence-electron chi connectivity index (χ1n) is 3.08. The molecule has 0 aliphatic heterocycles. The van der Waals surface area contributed by atoms with Gasteiger partial charge in [0, 0.05) is 5.57 Å². The van der Waals surface area contributed by atoms with E-state index in [2.05, 4.69) is 11.3 Å². The maximum atomic E-state index is 10.7. The lowest BCUT2D eigenvalue weighted by Gasteiger charge is -2.00. The van der Waals surface area contributed by atoms with Crippen LogP contribution in [0.15, 0.2) is 12.2 Å². The van der Waals surface area contributed by atoms with Crippen molar-refractivity contribution in [3.63, 3.8) is 0 Å². The average molecular weight is 172 g/mol. The van der Waals surface area contributed by atoms with Crippen LogP contribution in [0.5, 0.6) is 0 Å². The van der Waals surface area contributed by atoms with Gasteiger partial charge in [0.25, 0.3) is 0 Å². The van der Waals surface area contributed by atoms with Gasteiger partial charge >= 0.3 is 11.9 Å². The Kier molecular flexibility index (Phi) is 4.36. The van der Waals surface area contributed by atoms with Gasteiger partial charge < -0.3 is 9.84 Å². The molecule has 0 aromatic heterocycles. The molecule has 0 aromatic carbocycles. The number of hydrogen-bond donors (Lipinski definition) is 1. The third-order valence-corrected chi connectivity index (χ3v) is 0.936. The average Bonchev–Trinajstić information content (AvgIpc) is 1.98. The number of aliphatic carboxylic acids is 1. The Hall–Kier alpha value is -1.65. The summed E-state index contributed by atoms with van der Waals surface area (Å²) in [6.45, 7) is 2.80. The molecule has 0 atom stereocenters. The highest BCUT2D eigenvalue weighted by Crippen LogP contribution is 1.99. The maximum Gasteiger partial charge on any atom is 0.334 e. The molecule has 0 fully saturated rings. The molecule has 0 rings (SSSR count). The number of rotatable bonds is 5. The van der Waals surface area contributed by atoms with Gasteiger partial charge in [-0.15, -0.1) is 0 Å². The van der Waals surface area contributed by atoms with Gasteiger partial charge in [0.05, 0.1) is 6.42 Å². The fourth-order valence-corrected chi connectivity index (χ4v) is 0.466. The van der Waals surface area contributed by atoms with Crippen molar-refractivity contribution in [2.45, 2.75) is 6.42 Å². The smallest absolute Gasteiger partial charge is 0.334 e. The summed E-state index contributed by atoms with van der Waals surface area (Å²) in [5.41, 5.74) is -0.177. The zero-order chi connectivity index (χ0) is 9.56. The van der Waals surface area contributed by atoms with Crippen molar-refractivity contribution in [2.75, 3.05) is 6.61 Å². The minimum absolute atomic E-state index is 0.177. The Morgan fingerprint density at radius 3 is 2.50 bits per heavy atom. The van der Waals surface area contributed by atoms with Crippen molar-refractivity contribution in [2.24, 2.45) is 0 Å². The summed E-state index contributed by atoms with van der Waals surface area (Å²) in [6, 6.07) is 0. The van der Waals surface area contributed by atoms with Crippen LogP contribution < -0.4 is 0 Å². The molecule has 0 saturated carbocycles. The molecule has 5 nitrogen and oxygen atoms in total. The number of carboxylic acid groups (broad SMARTS) is 1. The molecule has 0 amide bonds. The third kappa shape index (κ3) is 4.21. The topological polar surface area (TPSA) is 80.7 Å². The molecule has 0 radical (unpaired) electrons. The fraction of sp³-hybridized carbons (Fsp3) is 0.286. The van der Waals surface area contributed by atoms with E-state index in [0.717, 1.165) is 0 Å². The molecule has 0 heterocycles. The van der Waals surface area contributed by atoms with E-state index in [-0.39, 0.29) is 12.2 Å². The van der Waals surface area contributed by atoms with E-state index >= 15 is 0 Å². The van der Waals surface area contributed by atoms with Crippen molar-refractivity contribution in [1.82, 2.24) is 0 Å². The summed E-state index contributed by atoms with van der Waals surface area (Å²) in [6.07, 6.45) is -0.0797. The molecule has 0 unspecified atom stereocenters. The first kappa shape index (κ1) is 10.3. The number of aldehydes is 1. The molecule has 0 aromatic rings. The summed E-state index contributed by atoms with van der Waals surface area (Å²) in [4.78, 5) is 30.5. The lowest BCUT2D eigenvalue weighted by atomic mass is 10.2. The first-order chi connectivity index (χ1) is 5.57. The Bertz CT molecular complexity index is 218. The summed E-state index contributed by atoms with van der Waals surface area (Å²) in [7, 11) is 0. The van der Waals surface area contributed by atoms with Crippen LogP contribution in [0.3, 0.4) is 0 Å². The molecule has 5 heteroatoms. The van der Waals surface area contributed by atoms with Crippen LogP contribution in [0.2, 0.25) is 0 Å². The molecular weight excluding hydrogens is 164 g/mol. The van der Waals surface area contributed by atoms with Crippen molar-refractivity contribution in [1.29, 1.82) is 0 Å². The summed E-state index contributed by atoms with van der Waals surface area (Å²) < 4.78 is 4.28. The van der Waals surface area contributed by atoms with E-state index in [4.69, 9.17) is 5.11 Å². The SMILES string of the molecule is C=C(CC(=O)O)C(=O)OCC=O. The van der Waals surface area contributed by atoms with Gasteiger partial charge in [0.15, 0.2) is 6.29 Å². The van der Waals surface area contributed by atoms with Gasteiger partial charge in [0.2, 0.25) is 0 Å². The largest absolute Gasteiger partial charge is 0.481 e. The van der Waals surface area contributed by atoms with Crippen LogP contribution in [0.4, 0.5) is 0 Å². The molecule has 0 spiro atoms. The minimum Gasteiger partial charge on any atom is -0.481 e. The van der Waals surface area contributed by atoms with Crippen LogP contribution in [-0.4, -0.2) is 29.9 Å². The van der Waals surface area contributed by atoms with E-state index in [1.807, 2.05) is 0 Å². The molecule has 0 aliphatic rings. The fourth-order valence-electron chi connectivity index (χ4n) is 0.466. The van der Waals surface area contributed by atoms with Crippen LogP contribution >= 0.6 is 0 Å². The van der Waals surface area contributed by atoms with E-state index in [9.17, 15) is 14.4 Å². The molecule has 0 aliphatic carbocycles. The lowest BCUT2D eigenvalue weighted by Crippen LogP contribution is -2.11. The summed E-state index contributed by atoms with van der Waals surface area (Å²) in [5.74, 6) is -2.02. The quantitative estimate of drug-likeness (QED) is 0.351. The Morgan fingerprint density at radius 2 is 2.08 bits per heavy atom. The Morgan fingerprint density at radius 1 is 1.50 bits per heavy atom. The van der Waals surface area contributed by atoms with E-state index in [1.165, 1.54) is 0 Å². The Labute approximate surface area is 68.6 Å². The summed E-state index contributed by atoms with van der Waals surface area (Å²) in [5, 5.41) is 8.22. The number of esters is 1. The predicted octanol–water partition coefficient (Wildman–Crippen LogP) is -0.241. The zero-order valence-corrected chi connectivity index (χ0v) is 6.28. The van der Waals surface area contributed by atoms with Crippen molar-refractivity contribution in [3.8, 4) is 0 Å². The molecule has 0 saturated heterocycles. The van der Waals surface area contributed by atoms with Gasteiger partial charge in [-0.25, -0.2) is 4.79 Å². The minimum atomic E-state index is -1.16. The molecule has 0 bridgehead atoms. The number of carbonyl (C=O) groups excluding carboxylic acids is 2. The maximum absolute atomic E-state index is 10.7.